The summed E-state index contributed by atoms with van der Waals surface area (Å²) in [6.45, 7) is 5.37. The van der Waals surface area contributed by atoms with Crippen LogP contribution in [0.15, 0.2) is 45.6 Å². The topological polar surface area (TPSA) is 89.6 Å². The van der Waals surface area contributed by atoms with E-state index in [1.54, 1.807) is 12.3 Å². The van der Waals surface area contributed by atoms with Gasteiger partial charge in [-0.3, -0.25) is 4.57 Å². The SMILES string of the molecule is C#C.C/C(F)=C\Cn1c(-c2cc(Br)cnc2N)n[nH]c1=O.C/C=C\C. The molecule has 2 rings (SSSR count). The molecule has 2 aromatic rings. The van der Waals surface area contributed by atoms with E-state index in [4.69, 9.17) is 5.73 Å². The Morgan fingerprint density at radius 2 is 2.04 bits per heavy atom. The minimum absolute atomic E-state index is 0.0684. The number of allylic oxidation sites excluding steroid dienone is 4. The van der Waals surface area contributed by atoms with Crippen molar-refractivity contribution in [2.75, 3.05) is 5.73 Å². The quantitative estimate of drug-likeness (QED) is 0.597. The van der Waals surface area contributed by atoms with Crippen LogP contribution in [0.4, 0.5) is 10.2 Å². The number of hydrogen-bond donors (Lipinski definition) is 2. The Morgan fingerprint density at radius 3 is 2.56 bits per heavy atom. The first-order chi connectivity index (χ1) is 11.9. The second-order valence-electron chi connectivity index (χ2n) is 4.51. The van der Waals surface area contributed by atoms with Gasteiger partial charge in [-0.15, -0.1) is 12.8 Å². The number of nitrogens with two attached hydrogens (primary N) is 1. The Morgan fingerprint density at radius 1 is 1.44 bits per heavy atom. The molecule has 25 heavy (non-hydrogen) atoms. The third kappa shape index (κ3) is 7.18. The smallest absolute Gasteiger partial charge is 0.343 e. The van der Waals surface area contributed by atoms with E-state index in [0.29, 0.717) is 15.9 Å². The normalized spacial score (nSPS) is 10.6. The second-order valence-corrected chi connectivity index (χ2v) is 5.42. The number of aromatic amines is 1. The van der Waals surface area contributed by atoms with Crippen LogP contribution < -0.4 is 11.4 Å². The molecule has 2 aromatic heterocycles. The highest BCUT2D eigenvalue weighted by Crippen LogP contribution is 2.24. The minimum Gasteiger partial charge on any atom is -0.383 e. The van der Waals surface area contributed by atoms with Crippen LogP contribution >= 0.6 is 15.9 Å². The number of nitrogens with one attached hydrogen (secondary N) is 1. The van der Waals surface area contributed by atoms with Gasteiger partial charge in [-0.1, -0.05) is 12.2 Å². The molecule has 0 atom stereocenters. The fourth-order valence-electron chi connectivity index (χ4n) is 1.54. The zero-order valence-electron chi connectivity index (χ0n) is 14.3. The molecule has 0 saturated carbocycles. The largest absolute Gasteiger partial charge is 0.383 e. The summed E-state index contributed by atoms with van der Waals surface area (Å²) >= 11 is 3.27. The van der Waals surface area contributed by atoms with Gasteiger partial charge in [0.25, 0.3) is 0 Å². The van der Waals surface area contributed by atoms with Crippen molar-refractivity contribution in [3.05, 3.63) is 51.3 Å². The number of nitrogens with zero attached hydrogens (tertiary/aromatic N) is 3. The molecule has 8 heteroatoms. The van der Waals surface area contributed by atoms with Crippen molar-refractivity contribution in [2.45, 2.75) is 27.3 Å². The summed E-state index contributed by atoms with van der Waals surface area (Å²) in [5.41, 5.74) is 5.82. The van der Waals surface area contributed by atoms with Crippen molar-refractivity contribution in [3.63, 3.8) is 0 Å². The average molecular weight is 410 g/mol. The third-order valence-corrected chi connectivity index (χ3v) is 3.21. The van der Waals surface area contributed by atoms with Crippen LogP contribution in [0, 0.1) is 12.8 Å². The van der Waals surface area contributed by atoms with E-state index in [1.807, 2.05) is 26.0 Å². The van der Waals surface area contributed by atoms with Gasteiger partial charge in [-0.2, -0.15) is 5.10 Å². The lowest BCUT2D eigenvalue weighted by Crippen LogP contribution is -2.17. The van der Waals surface area contributed by atoms with Crippen molar-refractivity contribution in [2.24, 2.45) is 0 Å². The highest BCUT2D eigenvalue weighted by atomic mass is 79.9. The van der Waals surface area contributed by atoms with E-state index in [9.17, 15) is 9.18 Å². The molecule has 3 N–H and O–H groups in total. The van der Waals surface area contributed by atoms with Crippen LogP contribution in [0.1, 0.15) is 20.8 Å². The molecule has 0 aliphatic carbocycles. The van der Waals surface area contributed by atoms with Gasteiger partial charge >= 0.3 is 5.69 Å². The summed E-state index contributed by atoms with van der Waals surface area (Å²) in [5.74, 6) is 0.178. The maximum Gasteiger partial charge on any atom is 0.343 e. The standard InChI is InChI=1S/C11H11BrFN5O.C4H8.C2H2/c1-6(13)2-3-18-10(16-17-11(18)19)8-4-7(12)5-15-9(8)14;1-3-4-2;1-2/h2,4-5H,3H2,1H3,(H2,14,15)(H,17,19);3-4H,1-2H3;1-2H/b6-2+;4-3-;. The van der Waals surface area contributed by atoms with Gasteiger partial charge in [-0.25, -0.2) is 19.3 Å². The van der Waals surface area contributed by atoms with Gasteiger partial charge in [0.1, 0.15) is 5.82 Å². The first kappa shape index (κ1) is 22.3. The number of hydrogen-bond acceptors (Lipinski definition) is 4. The van der Waals surface area contributed by atoms with E-state index in [0.717, 1.165) is 0 Å². The molecule has 0 aliphatic rings. The van der Waals surface area contributed by atoms with Crippen LogP contribution in [-0.4, -0.2) is 19.7 Å². The number of rotatable bonds is 3. The summed E-state index contributed by atoms with van der Waals surface area (Å²) in [7, 11) is 0. The van der Waals surface area contributed by atoms with Crippen molar-refractivity contribution in [1.29, 1.82) is 0 Å². The number of nitrogen functional groups attached to an aromatic ring is 1. The molecule has 0 radical (unpaired) electrons. The Labute approximate surface area is 154 Å². The molecule has 0 aliphatic heterocycles. The molecular weight excluding hydrogens is 389 g/mol. The second kappa shape index (κ2) is 11.8. The predicted molar refractivity (Wildman–Crippen MR) is 103 cm³/mol. The molecule has 0 amide bonds. The van der Waals surface area contributed by atoms with Crippen LogP contribution in [0.2, 0.25) is 0 Å². The number of halogens is 2. The van der Waals surface area contributed by atoms with E-state index in [-0.39, 0.29) is 18.2 Å². The summed E-state index contributed by atoms with van der Waals surface area (Å²) < 4.78 is 14.8. The van der Waals surface area contributed by atoms with E-state index in [2.05, 4.69) is 44.0 Å². The number of pyridine rings is 1. The van der Waals surface area contributed by atoms with Crippen LogP contribution in [0.25, 0.3) is 11.4 Å². The first-order valence-electron chi connectivity index (χ1n) is 7.20. The van der Waals surface area contributed by atoms with Gasteiger partial charge in [0.05, 0.1) is 17.9 Å². The number of terminal acetylenes is 1. The molecule has 134 valence electrons. The zero-order chi connectivity index (χ0) is 19.4. The fraction of sp³-hybridized carbons (Fsp3) is 0.235. The van der Waals surface area contributed by atoms with Crippen LogP contribution in [0.5, 0.6) is 0 Å². The summed E-state index contributed by atoms with van der Waals surface area (Å²) in [6, 6.07) is 1.69. The van der Waals surface area contributed by atoms with Crippen LogP contribution in [-0.2, 0) is 6.54 Å². The lowest BCUT2D eigenvalue weighted by molar-refractivity contribution is 0.625. The Balaban J connectivity index is 0.000000845. The van der Waals surface area contributed by atoms with Gasteiger partial charge in [-0.05, 0) is 48.8 Å². The van der Waals surface area contributed by atoms with Crippen molar-refractivity contribution < 1.29 is 4.39 Å². The maximum absolute atomic E-state index is 12.8. The van der Waals surface area contributed by atoms with Gasteiger partial charge in [0.15, 0.2) is 5.82 Å². The molecule has 2 heterocycles. The van der Waals surface area contributed by atoms with Gasteiger partial charge in [0.2, 0.25) is 0 Å². The number of H-pyrrole nitrogens is 1. The van der Waals surface area contributed by atoms with E-state index < -0.39 is 5.69 Å². The predicted octanol–water partition coefficient (Wildman–Crippen LogP) is 3.68. The summed E-state index contributed by atoms with van der Waals surface area (Å²) in [5, 5.41) is 6.21. The Hall–Kier alpha value is -2.66. The van der Waals surface area contributed by atoms with Gasteiger partial charge in [0, 0.05) is 10.7 Å². The average Bonchev–Trinajstić information content (AvgIpc) is 2.97. The third-order valence-electron chi connectivity index (χ3n) is 2.77. The number of aromatic nitrogens is 4. The Kier molecular flexibility index (Phi) is 10.6. The molecule has 0 unspecified atom stereocenters. The van der Waals surface area contributed by atoms with E-state index in [1.165, 1.54) is 17.6 Å². The molecule has 0 aromatic carbocycles. The molecule has 6 nitrogen and oxygen atoms in total. The fourth-order valence-corrected chi connectivity index (χ4v) is 1.87. The van der Waals surface area contributed by atoms with Crippen LogP contribution in [0.3, 0.4) is 0 Å². The van der Waals surface area contributed by atoms with Crippen molar-refractivity contribution in [3.8, 4) is 24.2 Å². The highest BCUT2D eigenvalue weighted by Gasteiger charge is 2.14. The monoisotopic (exact) mass is 409 g/mol. The zero-order valence-corrected chi connectivity index (χ0v) is 15.9. The number of anilines is 1. The first-order valence-corrected chi connectivity index (χ1v) is 7.99. The van der Waals surface area contributed by atoms with E-state index >= 15 is 0 Å². The minimum atomic E-state index is -0.438. The lowest BCUT2D eigenvalue weighted by Gasteiger charge is -2.05. The molecule has 0 saturated heterocycles. The molecule has 0 spiro atoms. The highest BCUT2D eigenvalue weighted by molar-refractivity contribution is 9.10. The summed E-state index contributed by atoms with van der Waals surface area (Å²) in [6.07, 6.45) is 14.8. The Bertz CT molecular complexity index is 797. The van der Waals surface area contributed by atoms with Crippen molar-refractivity contribution in [1.82, 2.24) is 19.7 Å². The van der Waals surface area contributed by atoms with Crippen molar-refractivity contribution >= 4 is 21.7 Å². The molecule has 0 bridgehead atoms. The molecular formula is C17H21BrFN5O. The van der Waals surface area contributed by atoms with Gasteiger partial charge < -0.3 is 5.73 Å². The molecule has 0 fully saturated rings. The lowest BCUT2D eigenvalue weighted by atomic mass is 10.2. The summed E-state index contributed by atoms with van der Waals surface area (Å²) in [4.78, 5) is 15.6. The maximum atomic E-state index is 12.8.